The summed E-state index contributed by atoms with van der Waals surface area (Å²) in [5.74, 6) is 0.520. The quantitative estimate of drug-likeness (QED) is 0.426. The molecule has 1 saturated heterocycles. The smallest absolute Gasteiger partial charge is 0.257 e. The topological polar surface area (TPSA) is 68.6 Å². The first kappa shape index (κ1) is 23.6. The minimum atomic E-state index is -0.225. The summed E-state index contributed by atoms with van der Waals surface area (Å²) in [5, 5.41) is 12.0. The zero-order chi connectivity index (χ0) is 21.1. The lowest BCUT2D eigenvalue weighted by molar-refractivity contribution is 0.0969. The van der Waals surface area contributed by atoms with Crippen LogP contribution in [0, 0.1) is 11.3 Å². The second-order valence-electron chi connectivity index (χ2n) is 7.05. The zero-order valence-corrected chi connectivity index (χ0v) is 19.4. The number of piperazine rings is 1. The second kappa shape index (κ2) is 12.8. The van der Waals surface area contributed by atoms with Crippen LogP contribution in [-0.4, -0.2) is 60.2 Å². The molecule has 0 aromatic heterocycles. The fourth-order valence-electron chi connectivity index (χ4n) is 3.10. The summed E-state index contributed by atoms with van der Waals surface area (Å²) in [6, 6.07) is 7.50. The molecule has 1 aliphatic heterocycles. The molecule has 29 heavy (non-hydrogen) atoms. The predicted molar refractivity (Wildman–Crippen MR) is 122 cm³/mol. The van der Waals surface area contributed by atoms with Gasteiger partial charge in [0.1, 0.15) is 5.75 Å². The molecular weight excluding hydrogens is 452 g/mol. The predicted octanol–water partition coefficient (Wildman–Crippen LogP) is 3.95. The summed E-state index contributed by atoms with van der Waals surface area (Å²) in [6.45, 7) is 6.82. The molecule has 0 aliphatic carbocycles. The van der Waals surface area contributed by atoms with Crippen molar-refractivity contribution in [2.24, 2.45) is 0 Å². The Kier molecular flexibility index (Phi) is 10.4. The van der Waals surface area contributed by atoms with Crippen LogP contribution < -0.4 is 10.1 Å². The SMILES string of the molecule is CCCCCCOc1ccc(C(=O)NC(=S)N2CCN(CCC#N)CC2)cc1Br. The first-order chi connectivity index (χ1) is 14.0. The van der Waals surface area contributed by atoms with E-state index in [2.05, 4.69) is 39.1 Å². The van der Waals surface area contributed by atoms with Gasteiger partial charge in [-0.25, -0.2) is 0 Å². The Morgan fingerprint density at radius 2 is 2.03 bits per heavy atom. The Bertz CT molecular complexity index is 730. The van der Waals surface area contributed by atoms with Gasteiger partial charge < -0.3 is 9.64 Å². The number of nitriles is 1. The highest BCUT2D eigenvalue weighted by Gasteiger charge is 2.20. The Balaban J connectivity index is 1.80. The Morgan fingerprint density at radius 1 is 1.28 bits per heavy atom. The molecule has 1 amide bonds. The van der Waals surface area contributed by atoms with Gasteiger partial charge in [-0.3, -0.25) is 15.0 Å². The third-order valence-electron chi connectivity index (χ3n) is 4.87. The molecule has 0 saturated carbocycles. The van der Waals surface area contributed by atoms with Gasteiger partial charge >= 0.3 is 0 Å². The van der Waals surface area contributed by atoms with Crippen LogP contribution in [0.4, 0.5) is 0 Å². The number of amides is 1. The molecule has 2 rings (SSSR count). The van der Waals surface area contributed by atoms with Crippen molar-refractivity contribution in [1.82, 2.24) is 15.1 Å². The van der Waals surface area contributed by atoms with Crippen molar-refractivity contribution in [1.29, 1.82) is 5.26 Å². The molecule has 0 radical (unpaired) electrons. The van der Waals surface area contributed by atoms with Gasteiger partial charge in [-0.15, -0.1) is 0 Å². The number of carbonyl (C=O) groups is 1. The molecule has 1 aromatic carbocycles. The van der Waals surface area contributed by atoms with Gasteiger partial charge in [0.25, 0.3) is 5.91 Å². The fourth-order valence-corrected chi connectivity index (χ4v) is 3.87. The standard InChI is InChI=1S/C21H29BrN4O2S/c1-2-3-4-5-15-28-19-8-7-17(16-18(19)22)20(27)24-21(29)26-13-11-25(12-14-26)10-6-9-23/h7-8,16H,2-6,10-15H2,1H3,(H,24,27,29). The third-order valence-corrected chi connectivity index (χ3v) is 5.85. The first-order valence-electron chi connectivity index (χ1n) is 10.2. The van der Waals surface area contributed by atoms with Crippen molar-refractivity contribution in [2.75, 3.05) is 39.3 Å². The molecule has 1 fully saturated rings. The van der Waals surface area contributed by atoms with Crippen LogP contribution in [-0.2, 0) is 0 Å². The number of rotatable bonds is 9. The van der Waals surface area contributed by atoms with Crippen molar-refractivity contribution in [3.63, 3.8) is 0 Å². The molecule has 1 aromatic rings. The Morgan fingerprint density at radius 3 is 2.69 bits per heavy atom. The first-order valence-corrected chi connectivity index (χ1v) is 11.4. The number of halogens is 1. The number of hydrogen-bond acceptors (Lipinski definition) is 5. The van der Waals surface area contributed by atoms with Gasteiger partial charge in [0.2, 0.25) is 0 Å². The van der Waals surface area contributed by atoms with E-state index in [-0.39, 0.29) is 5.91 Å². The fraction of sp³-hybridized carbons (Fsp3) is 0.571. The maximum absolute atomic E-state index is 12.6. The number of unbranched alkanes of at least 4 members (excludes halogenated alkanes) is 3. The van der Waals surface area contributed by atoms with Crippen LogP contribution in [0.25, 0.3) is 0 Å². The largest absolute Gasteiger partial charge is 0.492 e. The molecule has 0 spiro atoms. The zero-order valence-electron chi connectivity index (χ0n) is 17.0. The number of benzene rings is 1. The van der Waals surface area contributed by atoms with Crippen LogP contribution in [0.15, 0.2) is 22.7 Å². The molecule has 1 aliphatic rings. The van der Waals surface area contributed by atoms with E-state index in [1.54, 1.807) is 12.1 Å². The average Bonchev–Trinajstić information content (AvgIpc) is 2.73. The molecule has 6 nitrogen and oxygen atoms in total. The highest BCUT2D eigenvalue weighted by atomic mass is 79.9. The van der Waals surface area contributed by atoms with E-state index >= 15 is 0 Å². The van der Waals surface area contributed by atoms with Crippen LogP contribution in [0.2, 0.25) is 0 Å². The third kappa shape index (κ3) is 7.92. The minimum Gasteiger partial charge on any atom is -0.492 e. The lowest BCUT2D eigenvalue weighted by atomic mass is 10.2. The molecule has 0 bridgehead atoms. The number of nitrogens with zero attached hydrogens (tertiary/aromatic N) is 3. The summed E-state index contributed by atoms with van der Waals surface area (Å²) < 4.78 is 6.56. The van der Waals surface area contributed by atoms with Crippen molar-refractivity contribution in [3.8, 4) is 11.8 Å². The van der Waals surface area contributed by atoms with Gasteiger partial charge in [-0.1, -0.05) is 26.2 Å². The summed E-state index contributed by atoms with van der Waals surface area (Å²) >= 11 is 8.91. The van der Waals surface area contributed by atoms with Gasteiger partial charge in [-0.05, 0) is 52.8 Å². The van der Waals surface area contributed by atoms with Crippen molar-refractivity contribution in [3.05, 3.63) is 28.2 Å². The molecule has 8 heteroatoms. The summed E-state index contributed by atoms with van der Waals surface area (Å²) in [4.78, 5) is 16.8. The van der Waals surface area contributed by atoms with Crippen LogP contribution in [0.5, 0.6) is 5.75 Å². The number of carbonyl (C=O) groups excluding carboxylic acids is 1. The van der Waals surface area contributed by atoms with E-state index in [9.17, 15) is 4.79 Å². The number of thiocarbonyl (C=S) groups is 1. The Labute approximate surface area is 187 Å². The van der Waals surface area contributed by atoms with Crippen LogP contribution >= 0.6 is 28.1 Å². The number of ether oxygens (including phenoxy) is 1. The van der Waals surface area contributed by atoms with E-state index in [0.717, 1.165) is 49.4 Å². The van der Waals surface area contributed by atoms with Gasteiger partial charge in [-0.2, -0.15) is 5.26 Å². The molecule has 1 heterocycles. The average molecular weight is 481 g/mol. The second-order valence-corrected chi connectivity index (χ2v) is 8.29. The van der Waals surface area contributed by atoms with E-state index in [1.165, 1.54) is 19.3 Å². The van der Waals surface area contributed by atoms with Gasteiger partial charge in [0.05, 0.1) is 17.1 Å². The molecule has 158 valence electrons. The lowest BCUT2D eigenvalue weighted by Crippen LogP contribution is -2.52. The van der Waals surface area contributed by atoms with Crippen LogP contribution in [0.1, 0.15) is 49.4 Å². The Hall–Kier alpha value is -1.69. The highest BCUT2D eigenvalue weighted by Crippen LogP contribution is 2.26. The number of hydrogen-bond donors (Lipinski definition) is 1. The monoisotopic (exact) mass is 480 g/mol. The van der Waals surface area contributed by atoms with Gasteiger partial charge in [0, 0.05) is 44.7 Å². The maximum Gasteiger partial charge on any atom is 0.257 e. The minimum absolute atomic E-state index is 0.225. The van der Waals surface area contributed by atoms with Crippen LogP contribution in [0.3, 0.4) is 0 Å². The molecule has 1 N–H and O–H groups in total. The van der Waals surface area contributed by atoms with Crippen molar-refractivity contribution < 1.29 is 9.53 Å². The molecule has 0 unspecified atom stereocenters. The molecule has 0 atom stereocenters. The van der Waals surface area contributed by atoms with E-state index in [0.29, 0.717) is 23.7 Å². The van der Waals surface area contributed by atoms with E-state index < -0.39 is 0 Å². The normalized spacial score (nSPS) is 14.3. The lowest BCUT2D eigenvalue weighted by Gasteiger charge is -2.35. The summed E-state index contributed by atoms with van der Waals surface area (Å²) in [7, 11) is 0. The summed E-state index contributed by atoms with van der Waals surface area (Å²) in [6.07, 6.45) is 5.15. The maximum atomic E-state index is 12.6. The number of nitrogens with one attached hydrogen (secondary N) is 1. The molecular formula is C21H29BrN4O2S. The highest BCUT2D eigenvalue weighted by molar-refractivity contribution is 9.10. The van der Waals surface area contributed by atoms with Gasteiger partial charge in [0.15, 0.2) is 5.11 Å². The van der Waals surface area contributed by atoms with Crippen molar-refractivity contribution >= 4 is 39.2 Å². The summed E-state index contributed by atoms with van der Waals surface area (Å²) in [5.41, 5.74) is 0.533. The van der Waals surface area contributed by atoms with Crippen molar-refractivity contribution in [2.45, 2.75) is 39.0 Å². The van der Waals surface area contributed by atoms with E-state index in [4.69, 9.17) is 22.2 Å². The van der Waals surface area contributed by atoms with E-state index in [1.807, 2.05) is 11.0 Å².